The molecule has 0 N–H and O–H groups in total. The molecule has 97 valence electrons. The van der Waals surface area contributed by atoms with E-state index >= 15 is 0 Å². The second kappa shape index (κ2) is 10.3. The molecule has 0 nitrogen and oxygen atoms in total. The summed E-state index contributed by atoms with van der Waals surface area (Å²) >= 11 is 4.45. The van der Waals surface area contributed by atoms with E-state index in [0.29, 0.717) is 0 Å². The first-order chi connectivity index (χ1) is 8.65. The molecule has 0 fully saturated rings. The summed E-state index contributed by atoms with van der Waals surface area (Å²) in [7, 11) is 0. The minimum atomic E-state index is 0. The van der Waals surface area contributed by atoms with Gasteiger partial charge in [-0.3, -0.25) is 11.8 Å². The Hall–Kier alpha value is -0.461. The van der Waals surface area contributed by atoms with Crippen LogP contribution in [0.15, 0.2) is 48.5 Å². The van der Waals surface area contributed by atoms with E-state index in [2.05, 4.69) is 57.0 Å². The van der Waals surface area contributed by atoms with Crippen molar-refractivity contribution in [3.63, 3.8) is 0 Å². The molecule has 0 spiro atoms. The van der Waals surface area contributed by atoms with Gasteiger partial charge in [-0.05, 0) is 45.2 Å². The molecular formula is C16H8CuI2. The first kappa shape index (κ1) is 18.5. The molecule has 19 heavy (non-hydrogen) atoms. The van der Waals surface area contributed by atoms with E-state index in [0.717, 1.165) is 11.1 Å². The van der Waals surface area contributed by atoms with E-state index < -0.39 is 0 Å². The van der Waals surface area contributed by atoms with Crippen LogP contribution in [0.1, 0.15) is 11.1 Å². The molecule has 0 aliphatic heterocycles. The normalized spacial score (nSPS) is 8.00. The van der Waals surface area contributed by atoms with Gasteiger partial charge in [-0.2, -0.15) is 0 Å². The third-order valence-electron chi connectivity index (χ3n) is 1.98. The standard InChI is InChI=1S/2C8H4I.Cu/c2*1-2-7-3-5-8(9)6-4-7;/h2*3-6H;/q2*-1;+2. The van der Waals surface area contributed by atoms with Crippen molar-refractivity contribution in [2.24, 2.45) is 0 Å². The summed E-state index contributed by atoms with van der Waals surface area (Å²) in [5, 5.41) is 0. The minimum absolute atomic E-state index is 0. The fourth-order valence-corrected chi connectivity index (χ4v) is 1.79. The molecule has 2 rings (SSSR count). The maximum absolute atomic E-state index is 6.76. The Morgan fingerprint density at radius 2 is 0.895 bits per heavy atom. The van der Waals surface area contributed by atoms with Gasteiger partial charge in [0, 0.05) is 7.14 Å². The minimum Gasteiger partial charge on any atom is -0.366 e. The van der Waals surface area contributed by atoms with Crippen molar-refractivity contribution in [2.45, 2.75) is 0 Å². The maximum Gasteiger partial charge on any atom is 2.00 e. The summed E-state index contributed by atoms with van der Waals surface area (Å²) < 4.78 is 2.37. The summed E-state index contributed by atoms with van der Waals surface area (Å²) in [6.07, 6.45) is 13.5. The Bertz CT molecular complexity index is 517. The average molecular weight is 518 g/mol. The molecule has 0 unspecified atom stereocenters. The van der Waals surface area contributed by atoms with Gasteiger partial charge in [0.05, 0.1) is 0 Å². The van der Waals surface area contributed by atoms with Crippen molar-refractivity contribution in [1.29, 1.82) is 0 Å². The number of rotatable bonds is 0. The smallest absolute Gasteiger partial charge is 0.366 e. The summed E-state index contributed by atoms with van der Waals surface area (Å²) in [4.78, 5) is 0. The molecule has 0 atom stereocenters. The molecule has 0 amide bonds. The van der Waals surface area contributed by atoms with Crippen LogP contribution in [-0.2, 0) is 17.1 Å². The first-order valence-electron chi connectivity index (χ1n) is 5.02. The van der Waals surface area contributed by atoms with E-state index in [1.165, 1.54) is 7.14 Å². The second-order valence-corrected chi connectivity index (χ2v) is 5.76. The molecule has 0 saturated carbocycles. The quantitative estimate of drug-likeness (QED) is 0.210. The fraction of sp³-hybridized carbons (Fsp3) is 0. The van der Waals surface area contributed by atoms with Gasteiger partial charge in [-0.1, -0.05) is 24.3 Å². The van der Waals surface area contributed by atoms with Gasteiger partial charge in [0.25, 0.3) is 0 Å². The number of hydrogen-bond donors (Lipinski definition) is 0. The van der Waals surface area contributed by atoms with Crippen molar-refractivity contribution in [3.8, 4) is 11.8 Å². The van der Waals surface area contributed by atoms with Gasteiger partial charge in [0.2, 0.25) is 0 Å². The predicted octanol–water partition coefficient (Wildman–Crippen LogP) is 4.46. The number of benzene rings is 2. The van der Waals surface area contributed by atoms with Crippen molar-refractivity contribution < 1.29 is 17.1 Å². The van der Waals surface area contributed by atoms with Crippen molar-refractivity contribution >= 4 is 45.2 Å². The molecule has 1 radical (unpaired) electrons. The Kier molecular flexibility index (Phi) is 10.1. The topological polar surface area (TPSA) is 0 Å². The van der Waals surface area contributed by atoms with Crippen LogP contribution in [0.25, 0.3) is 0 Å². The molecule has 0 bridgehead atoms. The number of halogens is 2. The zero-order valence-electron chi connectivity index (χ0n) is 9.68. The molecule has 0 aliphatic rings. The third kappa shape index (κ3) is 7.64. The van der Waals surface area contributed by atoms with Crippen LogP contribution in [0.3, 0.4) is 0 Å². The molecule has 0 saturated heterocycles. The molecule has 0 aliphatic carbocycles. The summed E-state index contributed by atoms with van der Waals surface area (Å²) in [6.45, 7) is 0. The second-order valence-electron chi connectivity index (χ2n) is 3.26. The Morgan fingerprint density at radius 1 is 0.632 bits per heavy atom. The van der Waals surface area contributed by atoms with Crippen LogP contribution in [0.5, 0.6) is 0 Å². The molecule has 3 heteroatoms. The molecule has 0 heterocycles. The monoisotopic (exact) mass is 517 g/mol. The Labute approximate surface area is 152 Å². The van der Waals surface area contributed by atoms with E-state index in [9.17, 15) is 0 Å². The van der Waals surface area contributed by atoms with Crippen LogP contribution in [-0.4, -0.2) is 0 Å². The molecule has 2 aromatic carbocycles. The fourth-order valence-electron chi connectivity index (χ4n) is 1.07. The van der Waals surface area contributed by atoms with E-state index in [1.54, 1.807) is 0 Å². The van der Waals surface area contributed by atoms with Crippen molar-refractivity contribution in [1.82, 2.24) is 0 Å². The maximum atomic E-state index is 6.76. The van der Waals surface area contributed by atoms with Crippen LogP contribution < -0.4 is 0 Å². The summed E-state index contributed by atoms with van der Waals surface area (Å²) in [5.41, 5.74) is 1.66. The van der Waals surface area contributed by atoms with Crippen LogP contribution >= 0.6 is 45.2 Å². The van der Waals surface area contributed by atoms with Crippen LogP contribution in [0, 0.1) is 31.8 Å². The SMILES string of the molecule is [C-]#Cc1ccc(I)cc1.[C-]#Cc1ccc(I)cc1.[Cu+2]. The van der Waals surface area contributed by atoms with Gasteiger partial charge in [-0.25, -0.2) is 0 Å². The summed E-state index contributed by atoms with van der Waals surface area (Å²) in [5.74, 6) is 4.60. The predicted molar refractivity (Wildman–Crippen MR) is 90.8 cm³/mol. The van der Waals surface area contributed by atoms with E-state index in [-0.39, 0.29) is 17.1 Å². The van der Waals surface area contributed by atoms with Crippen LogP contribution in [0.4, 0.5) is 0 Å². The van der Waals surface area contributed by atoms with Crippen molar-refractivity contribution in [2.75, 3.05) is 0 Å². The molecule has 0 aromatic heterocycles. The Balaban J connectivity index is 0.000000324. The first-order valence-corrected chi connectivity index (χ1v) is 7.18. The van der Waals surface area contributed by atoms with Gasteiger partial charge < -0.3 is 12.8 Å². The van der Waals surface area contributed by atoms with Gasteiger partial charge in [0.15, 0.2) is 0 Å². The average Bonchev–Trinajstić information content (AvgIpc) is 2.41. The van der Waals surface area contributed by atoms with E-state index in [1.807, 2.05) is 48.5 Å². The third-order valence-corrected chi connectivity index (χ3v) is 3.42. The van der Waals surface area contributed by atoms with E-state index in [4.69, 9.17) is 12.8 Å². The number of hydrogen-bond acceptors (Lipinski definition) is 0. The largest absolute Gasteiger partial charge is 2.00 e. The Morgan fingerprint density at radius 3 is 1.11 bits per heavy atom. The van der Waals surface area contributed by atoms with Gasteiger partial charge >= 0.3 is 17.1 Å². The van der Waals surface area contributed by atoms with Crippen LogP contribution in [0.2, 0.25) is 0 Å². The summed E-state index contributed by atoms with van der Waals surface area (Å²) in [6, 6.07) is 15.3. The molecular weight excluding hydrogens is 510 g/mol. The van der Waals surface area contributed by atoms with Crippen molar-refractivity contribution in [3.05, 3.63) is 79.6 Å². The zero-order valence-corrected chi connectivity index (χ0v) is 14.9. The molecule has 2 aromatic rings. The zero-order chi connectivity index (χ0) is 13.4. The van der Waals surface area contributed by atoms with Gasteiger partial charge in [0.1, 0.15) is 0 Å². The van der Waals surface area contributed by atoms with Gasteiger partial charge in [-0.15, -0.1) is 35.4 Å².